The second-order valence-corrected chi connectivity index (χ2v) is 9.17. The Morgan fingerprint density at radius 2 is 1.96 bits per heavy atom. The van der Waals surface area contributed by atoms with Gasteiger partial charge in [0.15, 0.2) is 5.78 Å². The number of esters is 1. The van der Waals surface area contributed by atoms with Crippen molar-refractivity contribution in [3.8, 4) is 0 Å². The van der Waals surface area contributed by atoms with E-state index in [0.717, 1.165) is 38.5 Å². The Balaban J connectivity index is 1.54. The molecule has 4 aliphatic rings. The van der Waals surface area contributed by atoms with Crippen LogP contribution in [0.15, 0.2) is 0 Å². The van der Waals surface area contributed by atoms with Crippen LogP contribution in [0.5, 0.6) is 0 Å². The summed E-state index contributed by atoms with van der Waals surface area (Å²) in [6, 6.07) is 0. The minimum absolute atomic E-state index is 0.107. The fourth-order valence-electron chi connectivity index (χ4n) is 6.65. The number of hydrogen-bond acceptors (Lipinski definition) is 4. The third kappa shape index (κ3) is 2.28. The van der Waals surface area contributed by atoms with Crippen molar-refractivity contribution >= 4 is 11.8 Å². The van der Waals surface area contributed by atoms with Crippen LogP contribution in [0.2, 0.25) is 0 Å². The first kappa shape index (κ1) is 16.6. The van der Waals surface area contributed by atoms with Crippen LogP contribution in [0.4, 0.5) is 0 Å². The minimum Gasteiger partial charge on any atom is -0.463 e. The first-order chi connectivity index (χ1) is 11.3. The molecule has 0 amide bonds. The second kappa shape index (κ2) is 5.55. The molecule has 7 atom stereocenters. The predicted octanol–water partition coefficient (Wildman–Crippen LogP) is 3.52. The Bertz CT molecular complexity index is 558. The molecule has 0 N–H and O–H groups in total. The molecule has 134 valence electrons. The highest BCUT2D eigenvalue weighted by molar-refractivity contribution is 5.88. The summed E-state index contributed by atoms with van der Waals surface area (Å²) < 4.78 is 11.5. The van der Waals surface area contributed by atoms with Crippen molar-refractivity contribution in [3.63, 3.8) is 0 Å². The number of fused-ring (bicyclic) bond motifs is 5. The van der Waals surface area contributed by atoms with Gasteiger partial charge in [0.25, 0.3) is 0 Å². The summed E-state index contributed by atoms with van der Waals surface area (Å²) in [5, 5.41) is 0. The van der Waals surface area contributed by atoms with Crippen LogP contribution in [-0.2, 0) is 19.1 Å². The van der Waals surface area contributed by atoms with E-state index in [4.69, 9.17) is 9.47 Å². The Kier molecular flexibility index (Phi) is 3.83. The summed E-state index contributed by atoms with van der Waals surface area (Å²) in [4.78, 5) is 23.6. The van der Waals surface area contributed by atoms with Gasteiger partial charge in [0, 0.05) is 6.92 Å². The fraction of sp³-hybridized carbons (Fsp3) is 0.900. The molecule has 0 spiro atoms. The van der Waals surface area contributed by atoms with Gasteiger partial charge in [0.2, 0.25) is 0 Å². The van der Waals surface area contributed by atoms with Crippen molar-refractivity contribution in [2.75, 3.05) is 6.61 Å². The molecule has 0 bridgehead atoms. The molecule has 4 heteroatoms. The highest BCUT2D eigenvalue weighted by Crippen LogP contribution is 2.63. The zero-order chi connectivity index (χ0) is 17.1. The fourth-order valence-corrected chi connectivity index (χ4v) is 6.65. The molecule has 0 aromatic heterocycles. The van der Waals surface area contributed by atoms with Crippen molar-refractivity contribution in [1.29, 1.82) is 0 Å². The Morgan fingerprint density at radius 3 is 2.71 bits per heavy atom. The van der Waals surface area contributed by atoms with E-state index < -0.39 is 0 Å². The van der Waals surface area contributed by atoms with Crippen LogP contribution >= 0.6 is 0 Å². The molecule has 4 nitrogen and oxygen atoms in total. The van der Waals surface area contributed by atoms with Crippen molar-refractivity contribution in [2.24, 2.45) is 28.6 Å². The first-order valence-corrected chi connectivity index (χ1v) is 9.67. The van der Waals surface area contributed by atoms with Gasteiger partial charge < -0.3 is 9.47 Å². The highest BCUT2D eigenvalue weighted by atomic mass is 16.5. The average Bonchev–Trinajstić information content (AvgIpc) is 2.83. The lowest BCUT2D eigenvalue weighted by Gasteiger charge is -2.59. The van der Waals surface area contributed by atoms with E-state index in [1.54, 1.807) is 0 Å². The molecule has 0 aromatic carbocycles. The number of Topliss-reactive ketones (excluding diaryl/α,β-unsaturated/α-hetero) is 1. The molecule has 1 heterocycles. The molecule has 0 aromatic rings. The first-order valence-electron chi connectivity index (χ1n) is 9.67. The maximum absolute atomic E-state index is 12.3. The van der Waals surface area contributed by atoms with Crippen LogP contribution in [0.25, 0.3) is 0 Å². The minimum atomic E-state index is -0.237. The van der Waals surface area contributed by atoms with Crippen molar-refractivity contribution in [3.05, 3.63) is 0 Å². The quantitative estimate of drug-likeness (QED) is 0.689. The number of rotatable bonds is 1. The number of ketones is 1. The van der Waals surface area contributed by atoms with Crippen molar-refractivity contribution in [1.82, 2.24) is 0 Å². The highest BCUT2D eigenvalue weighted by Gasteiger charge is 2.61. The molecule has 24 heavy (non-hydrogen) atoms. The van der Waals surface area contributed by atoms with E-state index in [9.17, 15) is 9.59 Å². The molecule has 3 aliphatic carbocycles. The normalized spacial score (nSPS) is 50.6. The van der Waals surface area contributed by atoms with Gasteiger partial charge in [-0.1, -0.05) is 13.8 Å². The molecule has 1 saturated heterocycles. The molecule has 4 rings (SSSR count). The number of hydrogen-bond donors (Lipinski definition) is 0. The smallest absolute Gasteiger partial charge is 0.302 e. The van der Waals surface area contributed by atoms with Gasteiger partial charge in [0.1, 0.15) is 12.7 Å². The van der Waals surface area contributed by atoms with Gasteiger partial charge in [-0.15, -0.1) is 0 Å². The van der Waals surface area contributed by atoms with Gasteiger partial charge in [0.05, 0.1) is 11.5 Å². The maximum atomic E-state index is 12.3. The van der Waals surface area contributed by atoms with Gasteiger partial charge in [-0.3, -0.25) is 9.59 Å². The summed E-state index contributed by atoms with van der Waals surface area (Å²) in [6.45, 7) is 6.42. The van der Waals surface area contributed by atoms with Gasteiger partial charge >= 0.3 is 5.97 Å². The number of ether oxygens (including phenoxy) is 2. The number of carbonyl (C=O) groups excluding carboxylic acids is 2. The SMILES string of the molecule is CC(=O)O[C@H]1CC[C@@]2(C)[C@@H](CC[C@@H]3[C@@H]2CC[C@]2(C)C(=O)CO[C@@H]32)C1. The summed E-state index contributed by atoms with van der Waals surface area (Å²) in [7, 11) is 0. The lowest BCUT2D eigenvalue weighted by atomic mass is 9.46. The summed E-state index contributed by atoms with van der Waals surface area (Å²) in [5.41, 5.74) is 0.0786. The van der Waals surface area contributed by atoms with E-state index in [-0.39, 0.29) is 23.6 Å². The standard InChI is InChI=1S/C20H30O4/c1-12(21)24-14-6-8-19(2)13(10-14)4-5-15-16(19)7-9-20(3)17(22)11-23-18(15)20/h13-16,18H,4-11H2,1-3H3/t13-,14-,15+,16-,18-,19-,20+/m0/s1. The largest absolute Gasteiger partial charge is 0.463 e. The summed E-state index contributed by atoms with van der Waals surface area (Å²) in [6.07, 6.45) is 7.84. The lowest BCUT2D eigenvalue weighted by Crippen LogP contribution is -2.56. The monoisotopic (exact) mass is 334 g/mol. The molecule has 4 fully saturated rings. The van der Waals surface area contributed by atoms with Crippen molar-refractivity contribution < 1.29 is 19.1 Å². The Morgan fingerprint density at radius 1 is 1.17 bits per heavy atom. The Labute approximate surface area is 144 Å². The Hall–Kier alpha value is -0.900. The van der Waals surface area contributed by atoms with Gasteiger partial charge in [-0.25, -0.2) is 0 Å². The van der Waals surface area contributed by atoms with E-state index in [0.29, 0.717) is 35.6 Å². The third-order valence-corrected chi connectivity index (χ3v) is 8.05. The summed E-state index contributed by atoms with van der Waals surface area (Å²) in [5.74, 6) is 1.99. The zero-order valence-electron chi connectivity index (χ0n) is 15.2. The van der Waals surface area contributed by atoms with Crippen LogP contribution in [0.1, 0.15) is 65.7 Å². The lowest BCUT2D eigenvalue weighted by molar-refractivity contribution is -0.165. The van der Waals surface area contributed by atoms with Crippen LogP contribution < -0.4 is 0 Å². The van der Waals surface area contributed by atoms with Crippen LogP contribution in [0.3, 0.4) is 0 Å². The van der Waals surface area contributed by atoms with E-state index >= 15 is 0 Å². The molecule has 0 unspecified atom stereocenters. The van der Waals surface area contributed by atoms with E-state index in [2.05, 4.69) is 13.8 Å². The number of carbonyl (C=O) groups is 2. The second-order valence-electron chi connectivity index (χ2n) is 9.17. The topological polar surface area (TPSA) is 52.6 Å². The molecule has 1 aliphatic heterocycles. The molecular formula is C20H30O4. The van der Waals surface area contributed by atoms with E-state index in [1.807, 2.05) is 0 Å². The average molecular weight is 334 g/mol. The van der Waals surface area contributed by atoms with Crippen LogP contribution in [-0.4, -0.2) is 30.6 Å². The maximum Gasteiger partial charge on any atom is 0.302 e. The molecule has 3 saturated carbocycles. The van der Waals surface area contributed by atoms with Gasteiger partial charge in [-0.05, 0) is 68.1 Å². The zero-order valence-corrected chi connectivity index (χ0v) is 15.2. The summed E-state index contributed by atoms with van der Waals surface area (Å²) >= 11 is 0. The molecular weight excluding hydrogens is 304 g/mol. The van der Waals surface area contributed by atoms with Crippen molar-refractivity contribution in [2.45, 2.75) is 77.9 Å². The van der Waals surface area contributed by atoms with Crippen LogP contribution in [0, 0.1) is 28.6 Å². The third-order valence-electron chi connectivity index (χ3n) is 8.05. The predicted molar refractivity (Wildman–Crippen MR) is 89.3 cm³/mol. The van der Waals surface area contributed by atoms with E-state index in [1.165, 1.54) is 13.3 Å². The van der Waals surface area contributed by atoms with Gasteiger partial charge in [-0.2, -0.15) is 0 Å². The molecule has 0 radical (unpaired) electrons.